The van der Waals surface area contributed by atoms with Crippen molar-refractivity contribution in [2.75, 3.05) is 0 Å². The summed E-state index contributed by atoms with van der Waals surface area (Å²) >= 11 is 1.83. The average molecular weight is 471 g/mol. The van der Waals surface area contributed by atoms with Crippen molar-refractivity contribution in [3.63, 3.8) is 0 Å². The number of para-hydroxylation sites is 2. The molecule has 1 aliphatic carbocycles. The van der Waals surface area contributed by atoms with Crippen LogP contribution in [-0.4, -0.2) is 15.5 Å². The van der Waals surface area contributed by atoms with Crippen LogP contribution in [0.2, 0.25) is 0 Å². The van der Waals surface area contributed by atoms with Crippen molar-refractivity contribution >= 4 is 45.0 Å². The van der Waals surface area contributed by atoms with Gasteiger partial charge >= 0.3 is 0 Å². The summed E-state index contributed by atoms with van der Waals surface area (Å²) in [6.07, 6.45) is 0. The van der Waals surface area contributed by atoms with Crippen molar-refractivity contribution < 1.29 is 4.79 Å². The van der Waals surface area contributed by atoms with Crippen LogP contribution in [0.25, 0.3) is 27.8 Å². The number of rotatable bonds is 2. The molecule has 4 heteroatoms. The number of carbonyl (C=O) groups is 1. The molecule has 0 amide bonds. The Kier molecular flexibility index (Phi) is 4.36. The van der Waals surface area contributed by atoms with E-state index in [-0.39, 0.29) is 11.8 Å². The van der Waals surface area contributed by atoms with E-state index in [2.05, 4.69) is 74.5 Å². The molecular formula is C31H22N2OS. The third-order valence-electron chi connectivity index (χ3n) is 7.15. The Balaban J connectivity index is 1.69. The largest absolute Gasteiger partial charge is 0.268 e. The lowest BCUT2D eigenvalue weighted by Gasteiger charge is -2.22. The van der Waals surface area contributed by atoms with Crippen molar-refractivity contribution in [2.45, 2.75) is 19.8 Å². The van der Waals surface area contributed by atoms with E-state index in [4.69, 9.17) is 4.98 Å². The van der Waals surface area contributed by atoms with E-state index in [1.807, 2.05) is 46.2 Å². The molecule has 0 radical (unpaired) electrons. The predicted octanol–water partition coefficient (Wildman–Crippen LogP) is 7.59. The highest BCUT2D eigenvalue weighted by molar-refractivity contribution is 7.12. The van der Waals surface area contributed by atoms with Gasteiger partial charge in [0, 0.05) is 21.2 Å². The second-order valence-corrected chi connectivity index (χ2v) is 10.5. The molecule has 7 rings (SSSR count). The van der Waals surface area contributed by atoms with Crippen LogP contribution in [0.1, 0.15) is 49.9 Å². The van der Waals surface area contributed by atoms with Gasteiger partial charge in [0.25, 0.3) is 5.91 Å². The molecule has 0 bridgehead atoms. The van der Waals surface area contributed by atoms with Crippen LogP contribution in [0, 0.1) is 6.92 Å². The molecule has 35 heavy (non-hydrogen) atoms. The van der Waals surface area contributed by atoms with E-state index in [1.165, 1.54) is 20.9 Å². The summed E-state index contributed by atoms with van der Waals surface area (Å²) in [5.41, 5.74) is 9.13. The number of nitrogens with zero attached hydrogens (tertiary/aromatic N) is 2. The molecule has 2 aromatic heterocycles. The smallest absolute Gasteiger partial charge is 0.265 e. The lowest BCUT2D eigenvalue weighted by Crippen LogP contribution is -2.07. The van der Waals surface area contributed by atoms with Crippen LogP contribution in [0.3, 0.4) is 0 Å². The highest BCUT2D eigenvalue weighted by atomic mass is 32.1. The van der Waals surface area contributed by atoms with Gasteiger partial charge < -0.3 is 0 Å². The quantitative estimate of drug-likeness (QED) is 0.266. The lowest BCUT2D eigenvalue weighted by molar-refractivity contribution is 0.0973. The fourth-order valence-corrected chi connectivity index (χ4v) is 6.89. The fourth-order valence-electron chi connectivity index (χ4n) is 5.67. The van der Waals surface area contributed by atoms with Crippen LogP contribution in [-0.2, 0) is 0 Å². The van der Waals surface area contributed by atoms with Gasteiger partial charge in [0.05, 0.1) is 16.6 Å². The Morgan fingerprint density at radius 1 is 0.829 bits per heavy atom. The molecule has 3 aromatic carbocycles. The van der Waals surface area contributed by atoms with Crippen LogP contribution in [0.5, 0.6) is 0 Å². The van der Waals surface area contributed by atoms with Gasteiger partial charge in [-0.2, -0.15) is 0 Å². The first-order chi connectivity index (χ1) is 17.1. The Hall–Kier alpha value is -4.02. The SMILES string of the molecule is CC1=C2C(=O)n3c(nc4ccccc43)C2=C(c2ccccc2)C(c2ccccc2)c2sc(C)cc21. The summed E-state index contributed by atoms with van der Waals surface area (Å²) in [4.78, 5) is 21.7. The number of hydrogen-bond donors (Lipinski definition) is 0. The zero-order valence-electron chi connectivity index (χ0n) is 19.4. The van der Waals surface area contributed by atoms with Crippen molar-refractivity contribution in [1.82, 2.24) is 9.55 Å². The number of benzene rings is 3. The number of fused-ring (bicyclic) bond motifs is 6. The van der Waals surface area contributed by atoms with Gasteiger partial charge in [-0.25, -0.2) is 4.98 Å². The Labute approximate surface area is 207 Å². The third kappa shape index (κ3) is 2.84. The van der Waals surface area contributed by atoms with Gasteiger partial charge in [-0.05, 0) is 59.9 Å². The lowest BCUT2D eigenvalue weighted by atomic mass is 9.82. The number of imidazole rings is 1. The molecule has 0 saturated heterocycles. The molecule has 3 heterocycles. The first-order valence-electron chi connectivity index (χ1n) is 11.8. The summed E-state index contributed by atoms with van der Waals surface area (Å²) in [5.74, 6) is 0.754. The average Bonchev–Trinajstić information content (AvgIpc) is 3.52. The molecule has 5 aromatic rings. The van der Waals surface area contributed by atoms with Crippen LogP contribution in [0.4, 0.5) is 0 Å². The number of carbonyl (C=O) groups excluding carboxylic acids is 1. The molecule has 1 aliphatic heterocycles. The highest BCUT2D eigenvalue weighted by Gasteiger charge is 2.42. The molecule has 0 spiro atoms. The maximum absolute atomic E-state index is 14.1. The van der Waals surface area contributed by atoms with Crippen LogP contribution >= 0.6 is 11.3 Å². The second kappa shape index (κ2) is 7.49. The summed E-state index contributed by atoms with van der Waals surface area (Å²) in [7, 11) is 0. The number of allylic oxidation sites excluding steroid dienone is 4. The van der Waals surface area contributed by atoms with E-state index in [1.54, 1.807) is 0 Å². The molecule has 1 atom stereocenters. The number of thiophene rings is 1. The Morgan fingerprint density at radius 2 is 1.51 bits per heavy atom. The summed E-state index contributed by atoms with van der Waals surface area (Å²) in [6.45, 7) is 4.25. The van der Waals surface area contributed by atoms with Gasteiger partial charge in [0.15, 0.2) is 0 Å². The van der Waals surface area contributed by atoms with Gasteiger partial charge in [-0.1, -0.05) is 72.8 Å². The van der Waals surface area contributed by atoms with E-state index in [9.17, 15) is 4.79 Å². The maximum atomic E-state index is 14.1. The molecule has 168 valence electrons. The molecule has 0 N–H and O–H groups in total. The summed E-state index contributed by atoms with van der Waals surface area (Å²) in [5, 5.41) is 0. The molecule has 0 fully saturated rings. The van der Waals surface area contributed by atoms with Crippen molar-refractivity contribution in [3.05, 3.63) is 129 Å². The van der Waals surface area contributed by atoms with E-state index < -0.39 is 0 Å². The van der Waals surface area contributed by atoms with E-state index >= 15 is 0 Å². The highest BCUT2D eigenvalue weighted by Crippen LogP contribution is 2.54. The van der Waals surface area contributed by atoms with Gasteiger partial charge in [0.2, 0.25) is 0 Å². The first-order valence-corrected chi connectivity index (χ1v) is 12.6. The predicted molar refractivity (Wildman–Crippen MR) is 144 cm³/mol. The minimum absolute atomic E-state index is 0.00564. The number of hydrogen-bond acceptors (Lipinski definition) is 3. The van der Waals surface area contributed by atoms with Gasteiger partial charge in [0.1, 0.15) is 5.82 Å². The second-order valence-electron chi connectivity index (χ2n) is 9.20. The van der Waals surface area contributed by atoms with Crippen molar-refractivity contribution in [1.29, 1.82) is 0 Å². The summed E-state index contributed by atoms with van der Waals surface area (Å²) in [6, 6.07) is 31.3. The standard InChI is InChI=1S/C31H22N2OS/c1-18-17-22-19(2)25-28(30-32-23-15-9-10-16-24(23)33(30)31(25)34)26(20-11-5-3-6-12-20)27(29(22)35-18)21-13-7-4-8-14-21/h3-17,27H,1-2H3. The topological polar surface area (TPSA) is 34.9 Å². The van der Waals surface area contributed by atoms with Crippen LogP contribution < -0.4 is 0 Å². The zero-order valence-corrected chi connectivity index (χ0v) is 20.3. The Morgan fingerprint density at radius 3 is 2.29 bits per heavy atom. The summed E-state index contributed by atoms with van der Waals surface area (Å²) < 4.78 is 1.82. The molecule has 3 nitrogen and oxygen atoms in total. The van der Waals surface area contributed by atoms with Crippen LogP contribution in [0.15, 0.2) is 96.6 Å². The van der Waals surface area contributed by atoms with Crippen molar-refractivity contribution in [3.8, 4) is 0 Å². The van der Waals surface area contributed by atoms with E-state index in [0.717, 1.165) is 44.7 Å². The minimum Gasteiger partial charge on any atom is -0.268 e. The number of aromatic nitrogens is 2. The first kappa shape index (κ1) is 20.4. The monoisotopic (exact) mass is 470 g/mol. The Bertz CT molecular complexity index is 1720. The van der Waals surface area contributed by atoms with Gasteiger partial charge in [-0.15, -0.1) is 11.3 Å². The molecule has 0 saturated carbocycles. The molecular weight excluding hydrogens is 448 g/mol. The third-order valence-corrected chi connectivity index (χ3v) is 8.27. The molecule has 1 unspecified atom stereocenters. The van der Waals surface area contributed by atoms with Crippen molar-refractivity contribution in [2.24, 2.45) is 0 Å². The molecule has 2 aliphatic rings. The fraction of sp³-hybridized carbons (Fsp3) is 0.0968. The minimum atomic E-state index is -0.00564. The van der Waals surface area contributed by atoms with Gasteiger partial charge in [-0.3, -0.25) is 9.36 Å². The maximum Gasteiger partial charge on any atom is 0.265 e. The normalized spacial score (nSPS) is 17.0. The number of aryl methyl sites for hydroxylation is 1. The zero-order chi connectivity index (χ0) is 23.7. The van der Waals surface area contributed by atoms with E-state index in [0.29, 0.717) is 0 Å².